The fourth-order valence-electron chi connectivity index (χ4n) is 2.74. The van der Waals surface area contributed by atoms with Crippen LogP contribution in [0, 0.1) is 0 Å². The quantitative estimate of drug-likeness (QED) is 0.728. The van der Waals surface area contributed by atoms with E-state index in [4.69, 9.17) is 23.2 Å². The molecule has 150 valence electrons. The van der Waals surface area contributed by atoms with E-state index in [1.54, 1.807) is 13.8 Å². The lowest BCUT2D eigenvalue weighted by molar-refractivity contribution is -0.125. The van der Waals surface area contributed by atoms with Gasteiger partial charge in [0.15, 0.2) is 0 Å². The molecule has 0 radical (unpaired) electrons. The van der Waals surface area contributed by atoms with Crippen molar-refractivity contribution in [3.63, 3.8) is 0 Å². The summed E-state index contributed by atoms with van der Waals surface area (Å²) in [6, 6.07) is 3.36. The molecule has 3 amide bonds. The van der Waals surface area contributed by atoms with Crippen molar-refractivity contribution in [3.8, 4) is 0 Å². The Labute approximate surface area is 168 Å². The molecule has 0 saturated carbocycles. The number of piperazine rings is 1. The molecule has 0 aliphatic carbocycles. The summed E-state index contributed by atoms with van der Waals surface area (Å²) in [5.74, 6) is -0.435. The first kappa shape index (κ1) is 21.9. The Hall–Kier alpha value is -1.39. The van der Waals surface area contributed by atoms with Crippen LogP contribution < -0.4 is 10.6 Å². The third kappa shape index (κ3) is 5.11. The highest BCUT2D eigenvalue weighted by Gasteiger charge is 2.33. The van der Waals surface area contributed by atoms with Crippen molar-refractivity contribution in [1.82, 2.24) is 19.8 Å². The highest BCUT2D eigenvalue weighted by atomic mass is 35.5. The smallest absolute Gasteiger partial charge is 0.321 e. The normalized spacial score (nSPS) is 17.3. The molecule has 2 N–H and O–H groups in total. The molecule has 1 heterocycles. The van der Waals surface area contributed by atoms with Crippen LogP contribution in [0.1, 0.15) is 13.8 Å². The highest BCUT2D eigenvalue weighted by molar-refractivity contribution is 7.89. The van der Waals surface area contributed by atoms with Gasteiger partial charge in [0, 0.05) is 32.7 Å². The SMILES string of the molecule is CCNC(=O)NC(=O)C(C)N1CCN(S(=O)(=O)c2cccc(Cl)c2Cl)CC1. The molecule has 11 heteroatoms. The van der Waals surface area contributed by atoms with Crippen molar-refractivity contribution in [2.75, 3.05) is 32.7 Å². The minimum atomic E-state index is -3.79. The number of amides is 3. The minimum absolute atomic E-state index is 0.00345. The number of halogens is 2. The molecule has 1 unspecified atom stereocenters. The molecule has 2 rings (SSSR count). The number of nitrogens with zero attached hydrogens (tertiary/aromatic N) is 2. The minimum Gasteiger partial charge on any atom is -0.338 e. The van der Waals surface area contributed by atoms with Crippen LogP contribution in [-0.4, -0.2) is 68.3 Å². The molecule has 1 atom stereocenters. The van der Waals surface area contributed by atoms with E-state index >= 15 is 0 Å². The Morgan fingerprint density at radius 1 is 1.19 bits per heavy atom. The van der Waals surface area contributed by atoms with E-state index in [0.717, 1.165) is 0 Å². The van der Waals surface area contributed by atoms with Gasteiger partial charge in [-0.1, -0.05) is 29.3 Å². The van der Waals surface area contributed by atoms with Crippen LogP contribution in [0.25, 0.3) is 0 Å². The van der Waals surface area contributed by atoms with Crippen LogP contribution in [0.15, 0.2) is 23.1 Å². The van der Waals surface area contributed by atoms with Crippen molar-refractivity contribution in [1.29, 1.82) is 0 Å². The van der Waals surface area contributed by atoms with E-state index in [0.29, 0.717) is 19.6 Å². The third-order valence-corrected chi connectivity index (χ3v) is 7.18. The van der Waals surface area contributed by atoms with E-state index in [-0.39, 0.29) is 28.0 Å². The largest absolute Gasteiger partial charge is 0.338 e. The Bertz CT molecular complexity index is 811. The predicted molar refractivity (Wildman–Crippen MR) is 103 cm³/mol. The number of imide groups is 1. The Morgan fingerprint density at radius 3 is 2.41 bits per heavy atom. The van der Waals surface area contributed by atoms with Crippen LogP contribution in [0.4, 0.5) is 4.79 Å². The Kier molecular flexibility index (Phi) is 7.47. The number of carbonyl (C=O) groups excluding carboxylic acids is 2. The number of rotatable bonds is 5. The first-order chi connectivity index (χ1) is 12.7. The van der Waals surface area contributed by atoms with Crippen LogP contribution in [0.2, 0.25) is 10.0 Å². The first-order valence-corrected chi connectivity index (χ1v) is 10.6. The van der Waals surface area contributed by atoms with Gasteiger partial charge in [0.1, 0.15) is 4.90 Å². The van der Waals surface area contributed by atoms with Crippen molar-refractivity contribution < 1.29 is 18.0 Å². The zero-order valence-corrected chi connectivity index (χ0v) is 17.4. The zero-order chi connectivity index (χ0) is 20.2. The average molecular weight is 437 g/mol. The summed E-state index contributed by atoms with van der Waals surface area (Å²) in [7, 11) is -3.79. The molecule has 27 heavy (non-hydrogen) atoms. The summed E-state index contributed by atoms with van der Waals surface area (Å²) < 4.78 is 27.0. The fourth-order valence-corrected chi connectivity index (χ4v) is 4.90. The molecule has 0 aromatic heterocycles. The van der Waals surface area contributed by atoms with E-state index in [1.807, 2.05) is 4.90 Å². The molecule has 0 spiro atoms. The lowest BCUT2D eigenvalue weighted by atomic mass is 10.2. The summed E-state index contributed by atoms with van der Waals surface area (Å²) in [5.41, 5.74) is 0. The van der Waals surface area contributed by atoms with Gasteiger partial charge >= 0.3 is 6.03 Å². The van der Waals surface area contributed by atoms with Crippen LogP contribution >= 0.6 is 23.2 Å². The van der Waals surface area contributed by atoms with Gasteiger partial charge in [0.25, 0.3) is 0 Å². The second-order valence-corrected chi connectivity index (χ2v) is 8.71. The van der Waals surface area contributed by atoms with Crippen molar-refractivity contribution in [2.24, 2.45) is 0 Å². The molecule has 1 saturated heterocycles. The summed E-state index contributed by atoms with van der Waals surface area (Å²) in [6.07, 6.45) is 0. The summed E-state index contributed by atoms with van der Waals surface area (Å²) >= 11 is 12.0. The van der Waals surface area contributed by atoms with Crippen molar-refractivity contribution >= 4 is 45.2 Å². The van der Waals surface area contributed by atoms with Gasteiger partial charge in [-0.05, 0) is 26.0 Å². The maximum Gasteiger partial charge on any atom is 0.321 e. The topological polar surface area (TPSA) is 98.8 Å². The Balaban J connectivity index is 2.01. The molecular weight excluding hydrogens is 415 g/mol. The van der Waals surface area contributed by atoms with Gasteiger partial charge < -0.3 is 5.32 Å². The van der Waals surface area contributed by atoms with Crippen molar-refractivity contribution in [2.45, 2.75) is 24.8 Å². The van der Waals surface area contributed by atoms with Crippen LogP contribution in [-0.2, 0) is 14.8 Å². The third-order valence-electron chi connectivity index (χ3n) is 4.31. The number of hydrogen-bond acceptors (Lipinski definition) is 5. The van der Waals surface area contributed by atoms with Gasteiger partial charge in [0.05, 0.1) is 16.1 Å². The highest BCUT2D eigenvalue weighted by Crippen LogP contribution is 2.31. The molecule has 1 aliphatic rings. The van der Waals surface area contributed by atoms with Gasteiger partial charge in [-0.2, -0.15) is 4.31 Å². The first-order valence-electron chi connectivity index (χ1n) is 8.45. The molecule has 1 aromatic rings. The standard InChI is InChI=1S/C16H22Cl2N4O4S/c1-3-19-16(24)20-15(23)11(2)21-7-9-22(10-8-21)27(25,26)13-6-4-5-12(17)14(13)18/h4-6,11H,3,7-10H2,1-2H3,(H2,19,20,23,24). The number of hydrogen-bond donors (Lipinski definition) is 2. The summed E-state index contributed by atoms with van der Waals surface area (Å²) in [6.45, 7) is 4.93. The number of nitrogens with one attached hydrogen (secondary N) is 2. The maximum absolute atomic E-state index is 12.8. The molecule has 1 fully saturated rings. The molecule has 1 aromatic carbocycles. The predicted octanol–water partition coefficient (Wildman–Crippen LogP) is 1.53. The monoisotopic (exact) mass is 436 g/mol. The van der Waals surface area contributed by atoms with E-state index in [2.05, 4.69) is 10.6 Å². The Morgan fingerprint density at radius 2 is 1.81 bits per heavy atom. The maximum atomic E-state index is 12.8. The molecule has 8 nitrogen and oxygen atoms in total. The molecular formula is C16H22Cl2N4O4S. The number of urea groups is 1. The van der Waals surface area contributed by atoms with Gasteiger partial charge in [0.2, 0.25) is 15.9 Å². The lowest BCUT2D eigenvalue weighted by Crippen LogP contribution is -2.56. The van der Waals surface area contributed by atoms with Crippen LogP contribution in [0.5, 0.6) is 0 Å². The van der Waals surface area contributed by atoms with Crippen molar-refractivity contribution in [3.05, 3.63) is 28.2 Å². The van der Waals surface area contributed by atoms with Gasteiger partial charge in [-0.15, -0.1) is 0 Å². The number of sulfonamides is 1. The second kappa shape index (κ2) is 9.20. The average Bonchev–Trinajstić information content (AvgIpc) is 2.63. The second-order valence-electron chi connectivity index (χ2n) is 6.02. The van der Waals surface area contributed by atoms with E-state index in [9.17, 15) is 18.0 Å². The fraction of sp³-hybridized carbons (Fsp3) is 0.500. The van der Waals surface area contributed by atoms with E-state index < -0.39 is 28.0 Å². The number of carbonyl (C=O) groups is 2. The zero-order valence-electron chi connectivity index (χ0n) is 15.0. The summed E-state index contributed by atoms with van der Waals surface area (Å²) in [5, 5.41) is 4.92. The molecule has 1 aliphatic heterocycles. The number of benzene rings is 1. The van der Waals surface area contributed by atoms with Gasteiger partial charge in [-0.25, -0.2) is 13.2 Å². The van der Waals surface area contributed by atoms with E-state index in [1.165, 1.54) is 22.5 Å². The molecule has 0 bridgehead atoms. The van der Waals surface area contributed by atoms with Gasteiger partial charge in [-0.3, -0.25) is 15.0 Å². The van der Waals surface area contributed by atoms with Crippen LogP contribution in [0.3, 0.4) is 0 Å². The lowest BCUT2D eigenvalue weighted by Gasteiger charge is -2.36. The summed E-state index contributed by atoms with van der Waals surface area (Å²) in [4.78, 5) is 25.4.